The Morgan fingerprint density at radius 1 is 1.33 bits per heavy atom. The molecule has 90 valence electrons. The van der Waals surface area contributed by atoms with Crippen molar-refractivity contribution in [3.05, 3.63) is 0 Å². The number of nitrogens with two attached hydrogens (primary N) is 1. The van der Waals surface area contributed by atoms with Crippen molar-refractivity contribution in [2.75, 3.05) is 6.54 Å². The van der Waals surface area contributed by atoms with Gasteiger partial charge in [-0.05, 0) is 19.3 Å². The minimum absolute atomic E-state index is 0.0963. The van der Waals surface area contributed by atoms with Crippen LogP contribution in [-0.2, 0) is 4.79 Å². The first-order chi connectivity index (χ1) is 7.05. The molecule has 3 N–H and O–H groups in total. The standard InChI is InChI=1S/C12H26N2O/c1-5-8-10(4)11(15)14-12(6-2,7-3)9-13/h10H,5-9,13H2,1-4H3,(H,14,15). The van der Waals surface area contributed by atoms with E-state index in [1.807, 2.05) is 6.92 Å². The highest BCUT2D eigenvalue weighted by atomic mass is 16.2. The Labute approximate surface area is 93.8 Å². The summed E-state index contributed by atoms with van der Waals surface area (Å²) in [5, 5.41) is 3.10. The fourth-order valence-corrected chi connectivity index (χ4v) is 1.72. The van der Waals surface area contributed by atoms with Crippen molar-refractivity contribution in [1.29, 1.82) is 0 Å². The molecule has 0 aromatic rings. The molecule has 15 heavy (non-hydrogen) atoms. The van der Waals surface area contributed by atoms with Gasteiger partial charge in [0.2, 0.25) is 5.91 Å². The monoisotopic (exact) mass is 214 g/mol. The lowest BCUT2D eigenvalue weighted by molar-refractivity contribution is -0.126. The highest BCUT2D eigenvalue weighted by Crippen LogP contribution is 2.15. The molecule has 0 saturated heterocycles. The lowest BCUT2D eigenvalue weighted by Gasteiger charge is -2.32. The van der Waals surface area contributed by atoms with Crippen LogP contribution < -0.4 is 11.1 Å². The van der Waals surface area contributed by atoms with Gasteiger partial charge in [0, 0.05) is 12.5 Å². The summed E-state index contributed by atoms with van der Waals surface area (Å²) >= 11 is 0. The fraction of sp³-hybridized carbons (Fsp3) is 0.917. The van der Waals surface area contributed by atoms with E-state index >= 15 is 0 Å². The molecule has 0 aliphatic carbocycles. The van der Waals surface area contributed by atoms with E-state index in [-0.39, 0.29) is 17.4 Å². The van der Waals surface area contributed by atoms with Gasteiger partial charge in [-0.1, -0.05) is 34.1 Å². The molecule has 0 spiro atoms. The molecule has 1 unspecified atom stereocenters. The zero-order valence-corrected chi connectivity index (χ0v) is 10.6. The highest BCUT2D eigenvalue weighted by Gasteiger charge is 2.27. The van der Waals surface area contributed by atoms with E-state index in [0.717, 1.165) is 25.7 Å². The molecule has 0 bridgehead atoms. The second kappa shape index (κ2) is 6.83. The van der Waals surface area contributed by atoms with Crippen molar-refractivity contribution in [2.45, 2.75) is 58.9 Å². The van der Waals surface area contributed by atoms with Crippen LogP contribution >= 0.6 is 0 Å². The van der Waals surface area contributed by atoms with Crippen LogP contribution in [0.3, 0.4) is 0 Å². The summed E-state index contributed by atoms with van der Waals surface area (Å²) in [5.41, 5.74) is 5.54. The topological polar surface area (TPSA) is 55.1 Å². The summed E-state index contributed by atoms with van der Waals surface area (Å²) in [6.07, 6.45) is 3.78. The Hall–Kier alpha value is -0.570. The summed E-state index contributed by atoms with van der Waals surface area (Å²) in [6.45, 7) is 8.73. The summed E-state index contributed by atoms with van der Waals surface area (Å²) in [7, 11) is 0. The Bertz CT molecular complexity index is 180. The van der Waals surface area contributed by atoms with Gasteiger partial charge >= 0.3 is 0 Å². The molecular weight excluding hydrogens is 188 g/mol. The number of carbonyl (C=O) groups excluding carboxylic acids is 1. The van der Waals surface area contributed by atoms with E-state index in [1.165, 1.54) is 0 Å². The maximum absolute atomic E-state index is 11.9. The van der Waals surface area contributed by atoms with Crippen molar-refractivity contribution in [1.82, 2.24) is 5.32 Å². The third-order valence-electron chi connectivity index (χ3n) is 3.30. The SMILES string of the molecule is CCCC(C)C(=O)NC(CC)(CC)CN. The molecule has 3 heteroatoms. The maximum Gasteiger partial charge on any atom is 0.223 e. The van der Waals surface area contributed by atoms with Gasteiger partial charge in [0.25, 0.3) is 0 Å². The second-order valence-electron chi connectivity index (χ2n) is 4.37. The van der Waals surface area contributed by atoms with Gasteiger partial charge in [0.15, 0.2) is 0 Å². The average Bonchev–Trinajstić information content (AvgIpc) is 2.26. The largest absolute Gasteiger partial charge is 0.349 e. The molecular formula is C12H26N2O. The number of hydrogen-bond acceptors (Lipinski definition) is 2. The first-order valence-corrected chi connectivity index (χ1v) is 6.07. The smallest absolute Gasteiger partial charge is 0.223 e. The van der Waals surface area contributed by atoms with Crippen molar-refractivity contribution in [3.63, 3.8) is 0 Å². The van der Waals surface area contributed by atoms with Crippen LogP contribution in [0.25, 0.3) is 0 Å². The van der Waals surface area contributed by atoms with Crippen LogP contribution in [0.15, 0.2) is 0 Å². The number of hydrogen-bond donors (Lipinski definition) is 2. The van der Waals surface area contributed by atoms with Gasteiger partial charge in [-0.2, -0.15) is 0 Å². The quantitative estimate of drug-likeness (QED) is 0.681. The molecule has 0 radical (unpaired) electrons. The Morgan fingerprint density at radius 3 is 2.20 bits per heavy atom. The Kier molecular flexibility index (Phi) is 6.57. The molecule has 0 saturated carbocycles. The predicted molar refractivity (Wildman–Crippen MR) is 64.6 cm³/mol. The summed E-state index contributed by atoms with van der Waals surface area (Å²) in [6, 6.07) is 0. The highest BCUT2D eigenvalue weighted by molar-refractivity contribution is 5.79. The van der Waals surface area contributed by atoms with Gasteiger partial charge in [-0.3, -0.25) is 4.79 Å². The molecule has 1 atom stereocenters. The van der Waals surface area contributed by atoms with Crippen molar-refractivity contribution >= 4 is 5.91 Å². The fourth-order valence-electron chi connectivity index (χ4n) is 1.72. The molecule has 0 fully saturated rings. The van der Waals surface area contributed by atoms with E-state index < -0.39 is 0 Å². The maximum atomic E-state index is 11.9. The molecule has 1 amide bonds. The molecule has 3 nitrogen and oxygen atoms in total. The van der Waals surface area contributed by atoms with Crippen LogP contribution in [0, 0.1) is 5.92 Å². The van der Waals surface area contributed by atoms with Crippen molar-refractivity contribution in [2.24, 2.45) is 11.7 Å². The van der Waals surface area contributed by atoms with Crippen LogP contribution in [0.2, 0.25) is 0 Å². The third-order valence-corrected chi connectivity index (χ3v) is 3.30. The zero-order valence-electron chi connectivity index (χ0n) is 10.6. The minimum Gasteiger partial charge on any atom is -0.349 e. The van der Waals surface area contributed by atoms with E-state index in [0.29, 0.717) is 6.54 Å². The number of carbonyl (C=O) groups is 1. The van der Waals surface area contributed by atoms with E-state index in [9.17, 15) is 4.79 Å². The van der Waals surface area contributed by atoms with E-state index in [2.05, 4.69) is 26.1 Å². The third kappa shape index (κ3) is 4.20. The minimum atomic E-state index is -0.195. The molecule has 0 aliphatic rings. The van der Waals surface area contributed by atoms with Gasteiger partial charge in [-0.25, -0.2) is 0 Å². The predicted octanol–water partition coefficient (Wildman–Crippen LogP) is 2.06. The van der Waals surface area contributed by atoms with Crippen molar-refractivity contribution in [3.8, 4) is 0 Å². The lowest BCUT2D eigenvalue weighted by atomic mass is 9.91. The molecule has 0 heterocycles. The number of nitrogens with one attached hydrogen (secondary N) is 1. The van der Waals surface area contributed by atoms with Gasteiger partial charge < -0.3 is 11.1 Å². The zero-order chi connectivity index (χ0) is 11.9. The Morgan fingerprint density at radius 2 is 1.87 bits per heavy atom. The van der Waals surface area contributed by atoms with Crippen LogP contribution in [-0.4, -0.2) is 18.0 Å². The Balaban J connectivity index is 4.34. The van der Waals surface area contributed by atoms with Gasteiger partial charge in [-0.15, -0.1) is 0 Å². The van der Waals surface area contributed by atoms with E-state index in [1.54, 1.807) is 0 Å². The summed E-state index contributed by atoms with van der Waals surface area (Å²) < 4.78 is 0. The van der Waals surface area contributed by atoms with Crippen LogP contribution in [0.4, 0.5) is 0 Å². The summed E-state index contributed by atoms with van der Waals surface area (Å²) in [5.74, 6) is 0.241. The molecule has 0 rings (SSSR count). The van der Waals surface area contributed by atoms with Gasteiger partial charge in [0.1, 0.15) is 0 Å². The lowest BCUT2D eigenvalue weighted by Crippen LogP contribution is -2.54. The average molecular weight is 214 g/mol. The van der Waals surface area contributed by atoms with Crippen molar-refractivity contribution < 1.29 is 4.79 Å². The first kappa shape index (κ1) is 14.4. The molecule has 0 aliphatic heterocycles. The van der Waals surface area contributed by atoms with E-state index in [4.69, 9.17) is 5.73 Å². The first-order valence-electron chi connectivity index (χ1n) is 6.07. The number of amides is 1. The second-order valence-corrected chi connectivity index (χ2v) is 4.37. The normalized spacial score (nSPS) is 13.7. The summed E-state index contributed by atoms with van der Waals surface area (Å²) in [4.78, 5) is 11.9. The number of rotatable bonds is 7. The molecule has 0 aromatic heterocycles. The van der Waals surface area contributed by atoms with Crippen LogP contribution in [0.5, 0.6) is 0 Å². The van der Waals surface area contributed by atoms with Gasteiger partial charge in [0.05, 0.1) is 5.54 Å². The van der Waals surface area contributed by atoms with Crippen LogP contribution in [0.1, 0.15) is 53.4 Å². The molecule has 0 aromatic carbocycles.